The van der Waals surface area contributed by atoms with E-state index in [4.69, 9.17) is 14.2 Å². The largest absolute Gasteiger partial charge is 0.493 e. The summed E-state index contributed by atoms with van der Waals surface area (Å²) in [7, 11) is 4.90. The number of nitrogens with zero attached hydrogens (tertiary/aromatic N) is 1. The lowest BCUT2D eigenvalue weighted by atomic mass is 10.1. The fourth-order valence-corrected chi connectivity index (χ4v) is 3.00. The van der Waals surface area contributed by atoms with Crippen molar-refractivity contribution in [3.8, 4) is 17.2 Å². The summed E-state index contributed by atoms with van der Waals surface area (Å²) in [6.45, 7) is 0.513. The predicted octanol–water partition coefficient (Wildman–Crippen LogP) is 2.49. The Morgan fingerprint density at radius 3 is 2.64 bits per heavy atom. The lowest BCUT2D eigenvalue weighted by molar-refractivity contribution is -0.136. The van der Waals surface area contributed by atoms with Crippen molar-refractivity contribution in [3.63, 3.8) is 0 Å². The number of carbonyl (C=O) groups excluding carboxylic acids is 2. The summed E-state index contributed by atoms with van der Waals surface area (Å²) < 4.78 is 16.2. The number of hydrogen-bond acceptors (Lipinski definition) is 5. The number of carbonyl (C=O) groups is 2. The van der Waals surface area contributed by atoms with E-state index in [1.807, 2.05) is 30.3 Å². The van der Waals surface area contributed by atoms with Crippen molar-refractivity contribution in [3.05, 3.63) is 48.0 Å². The first-order chi connectivity index (χ1) is 13.5. The van der Waals surface area contributed by atoms with Gasteiger partial charge in [-0.3, -0.25) is 9.59 Å². The second-order valence-corrected chi connectivity index (χ2v) is 6.55. The highest BCUT2D eigenvalue weighted by molar-refractivity contribution is 5.99. The Kier molecular flexibility index (Phi) is 6.03. The molecule has 1 N–H and O–H groups in total. The Balaban J connectivity index is 1.56. The van der Waals surface area contributed by atoms with E-state index in [-0.39, 0.29) is 18.2 Å². The maximum Gasteiger partial charge on any atom is 0.266 e. The third-order valence-electron chi connectivity index (χ3n) is 4.68. The van der Waals surface area contributed by atoms with E-state index >= 15 is 0 Å². The molecule has 2 aromatic rings. The number of anilines is 1. The normalized spacial score (nSPS) is 15.1. The highest BCUT2D eigenvalue weighted by Crippen LogP contribution is 2.30. The molecule has 7 heteroatoms. The summed E-state index contributed by atoms with van der Waals surface area (Å²) in [6, 6.07) is 12.8. The number of rotatable bonds is 7. The SMILES string of the molecule is COc1ccc(CCN(C)C(=O)C[C@H]2Oc3ccccc3NC2=O)cc1OC. The average molecular weight is 384 g/mol. The highest BCUT2D eigenvalue weighted by Gasteiger charge is 2.30. The third-order valence-corrected chi connectivity index (χ3v) is 4.68. The molecule has 2 aromatic carbocycles. The Labute approximate surface area is 164 Å². The molecule has 1 aliphatic rings. The highest BCUT2D eigenvalue weighted by atomic mass is 16.5. The van der Waals surface area contributed by atoms with Crippen LogP contribution in [-0.2, 0) is 16.0 Å². The number of nitrogens with one attached hydrogen (secondary N) is 1. The molecule has 2 amide bonds. The third kappa shape index (κ3) is 4.36. The van der Waals surface area contributed by atoms with E-state index in [9.17, 15) is 9.59 Å². The quantitative estimate of drug-likeness (QED) is 0.794. The van der Waals surface area contributed by atoms with Crippen LogP contribution in [0.2, 0.25) is 0 Å². The van der Waals surface area contributed by atoms with Crippen LogP contribution in [-0.4, -0.2) is 50.6 Å². The molecule has 0 aromatic heterocycles. The van der Waals surface area contributed by atoms with Gasteiger partial charge in [-0.1, -0.05) is 18.2 Å². The number of hydrogen-bond donors (Lipinski definition) is 1. The van der Waals surface area contributed by atoms with E-state index in [2.05, 4.69) is 5.32 Å². The van der Waals surface area contributed by atoms with Crippen molar-refractivity contribution >= 4 is 17.5 Å². The summed E-state index contributed by atoms with van der Waals surface area (Å²) in [4.78, 5) is 26.3. The summed E-state index contributed by atoms with van der Waals surface area (Å²) in [6.07, 6.45) is -0.183. The van der Waals surface area contributed by atoms with Crippen LogP contribution in [0, 0.1) is 0 Å². The van der Waals surface area contributed by atoms with E-state index < -0.39 is 6.10 Å². The van der Waals surface area contributed by atoms with Crippen LogP contribution in [0.1, 0.15) is 12.0 Å². The van der Waals surface area contributed by atoms with E-state index in [0.717, 1.165) is 5.56 Å². The second kappa shape index (κ2) is 8.65. The topological polar surface area (TPSA) is 77.1 Å². The van der Waals surface area contributed by atoms with Crippen molar-refractivity contribution in [1.82, 2.24) is 4.90 Å². The average Bonchev–Trinajstić information content (AvgIpc) is 2.72. The Morgan fingerprint density at radius 2 is 1.89 bits per heavy atom. The zero-order chi connectivity index (χ0) is 20.1. The molecule has 1 aliphatic heterocycles. The van der Waals surface area contributed by atoms with Crippen molar-refractivity contribution in [2.24, 2.45) is 0 Å². The Hall–Kier alpha value is -3.22. The summed E-state index contributed by atoms with van der Waals surface area (Å²) in [5.74, 6) is 1.43. The minimum absolute atomic E-state index is 0.0113. The summed E-state index contributed by atoms with van der Waals surface area (Å²) in [5, 5.41) is 2.78. The molecule has 0 saturated heterocycles. The van der Waals surface area contributed by atoms with Crippen LogP contribution in [0.5, 0.6) is 17.2 Å². The van der Waals surface area contributed by atoms with Crippen LogP contribution >= 0.6 is 0 Å². The number of amides is 2. The Morgan fingerprint density at radius 1 is 1.14 bits per heavy atom. The Bertz CT molecular complexity index is 868. The van der Waals surface area contributed by atoms with Gasteiger partial charge in [-0.05, 0) is 36.2 Å². The van der Waals surface area contributed by atoms with Crippen LogP contribution in [0.15, 0.2) is 42.5 Å². The molecule has 148 valence electrons. The van der Waals surface area contributed by atoms with Crippen molar-refractivity contribution in [2.45, 2.75) is 18.9 Å². The number of methoxy groups -OCH3 is 2. The minimum Gasteiger partial charge on any atom is -0.493 e. The number of ether oxygens (including phenoxy) is 3. The molecular formula is C21H24N2O5. The molecule has 0 bridgehead atoms. The molecule has 3 rings (SSSR count). The van der Waals surface area contributed by atoms with Crippen molar-refractivity contribution in [2.75, 3.05) is 33.1 Å². The zero-order valence-electron chi connectivity index (χ0n) is 16.2. The van der Waals surface area contributed by atoms with Gasteiger partial charge in [0.05, 0.1) is 26.3 Å². The fraction of sp³-hybridized carbons (Fsp3) is 0.333. The first kappa shape index (κ1) is 19.5. The molecule has 0 unspecified atom stereocenters. The molecule has 28 heavy (non-hydrogen) atoms. The molecule has 0 spiro atoms. The first-order valence-corrected chi connectivity index (χ1v) is 9.03. The van der Waals surface area contributed by atoms with Gasteiger partial charge in [-0.15, -0.1) is 0 Å². The lowest BCUT2D eigenvalue weighted by Crippen LogP contribution is -2.41. The van der Waals surface area contributed by atoms with Crippen LogP contribution in [0.4, 0.5) is 5.69 Å². The van der Waals surface area contributed by atoms with Crippen LogP contribution in [0.25, 0.3) is 0 Å². The van der Waals surface area contributed by atoms with Gasteiger partial charge >= 0.3 is 0 Å². The van der Waals surface area contributed by atoms with Gasteiger partial charge in [-0.25, -0.2) is 0 Å². The van der Waals surface area contributed by atoms with Crippen molar-refractivity contribution in [1.29, 1.82) is 0 Å². The van der Waals surface area contributed by atoms with Gasteiger partial charge in [-0.2, -0.15) is 0 Å². The standard InChI is InChI=1S/C21H24N2O5/c1-23(11-10-14-8-9-17(26-2)18(12-14)27-3)20(24)13-19-21(25)22-15-6-4-5-7-16(15)28-19/h4-9,12,19H,10-11,13H2,1-3H3,(H,22,25)/t19-/m1/s1. The van der Waals surface area contributed by atoms with E-state index in [0.29, 0.717) is 35.9 Å². The molecule has 0 saturated carbocycles. The number of likely N-dealkylation sites (N-methyl/N-ethyl adjacent to an activating group) is 1. The van der Waals surface area contributed by atoms with E-state index in [1.54, 1.807) is 38.3 Å². The first-order valence-electron chi connectivity index (χ1n) is 9.03. The maximum absolute atomic E-state index is 12.5. The smallest absolute Gasteiger partial charge is 0.266 e. The van der Waals surface area contributed by atoms with Gasteiger partial charge in [0.15, 0.2) is 17.6 Å². The monoisotopic (exact) mass is 384 g/mol. The minimum atomic E-state index is -0.828. The van der Waals surface area contributed by atoms with Gasteiger partial charge in [0.1, 0.15) is 5.75 Å². The van der Waals surface area contributed by atoms with Gasteiger partial charge < -0.3 is 24.4 Å². The van der Waals surface area contributed by atoms with Crippen molar-refractivity contribution < 1.29 is 23.8 Å². The number of para-hydroxylation sites is 2. The van der Waals surface area contributed by atoms with E-state index in [1.165, 1.54) is 0 Å². The molecule has 1 heterocycles. The predicted molar refractivity (Wildman–Crippen MR) is 105 cm³/mol. The fourth-order valence-electron chi connectivity index (χ4n) is 3.00. The van der Waals surface area contributed by atoms with Gasteiger partial charge in [0, 0.05) is 13.6 Å². The summed E-state index contributed by atoms with van der Waals surface area (Å²) >= 11 is 0. The van der Waals surface area contributed by atoms with Crippen LogP contribution < -0.4 is 19.5 Å². The number of fused-ring (bicyclic) bond motifs is 1. The molecule has 0 fully saturated rings. The lowest BCUT2D eigenvalue weighted by Gasteiger charge is -2.27. The second-order valence-electron chi connectivity index (χ2n) is 6.55. The molecular weight excluding hydrogens is 360 g/mol. The summed E-state index contributed by atoms with van der Waals surface area (Å²) in [5.41, 5.74) is 1.65. The maximum atomic E-state index is 12.5. The molecule has 0 radical (unpaired) electrons. The molecule has 7 nitrogen and oxygen atoms in total. The van der Waals surface area contributed by atoms with Gasteiger partial charge in [0.2, 0.25) is 5.91 Å². The number of benzene rings is 2. The van der Waals surface area contributed by atoms with Gasteiger partial charge in [0.25, 0.3) is 5.91 Å². The zero-order valence-corrected chi connectivity index (χ0v) is 16.2. The molecule has 0 aliphatic carbocycles. The molecule has 1 atom stereocenters. The van der Waals surface area contributed by atoms with Crippen LogP contribution in [0.3, 0.4) is 0 Å².